The number of fused-ring (bicyclic) bond motifs is 15. The van der Waals surface area contributed by atoms with Crippen LogP contribution in [0.3, 0.4) is 0 Å². The minimum atomic E-state index is -0.480. The van der Waals surface area contributed by atoms with E-state index < -0.39 is 29.2 Å². The van der Waals surface area contributed by atoms with Crippen LogP contribution < -0.4 is 5.46 Å². The highest BCUT2D eigenvalue weighted by Crippen LogP contribution is 2.60. The molecule has 1 saturated heterocycles. The summed E-state index contributed by atoms with van der Waals surface area (Å²) < 4.78 is 12.9. The predicted octanol–water partition coefficient (Wildman–Crippen LogP) is 23.6. The summed E-state index contributed by atoms with van der Waals surface area (Å²) in [5, 5.41) is 9.15. The highest BCUT2D eigenvalue weighted by molar-refractivity contribution is 6.62. The van der Waals surface area contributed by atoms with Crippen molar-refractivity contribution < 1.29 is 9.31 Å². The molecule has 0 N–H and O–H groups in total. The molecule has 0 radical (unpaired) electrons. The molecule has 0 spiro atoms. The molecule has 7 heteroatoms. The van der Waals surface area contributed by atoms with Crippen LogP contribution >= 0.6 is 0 Å². The zero-order chi connectivity index (χ0) is 71.6. The predicted molar refractivity (Wildman–Crippen MR) is 441 cm³/mol. The lowest BCUT2D eigenvalue weighted by Crippen LogP contribution is -2.41. The average molecular weight is 1370 g/mol. The minimum Gasteiger partial charge on any atom is -0.399 e. The molecule has 4 aromatic heterocycles. The van der Waals surface area contributed by atoms with Gasteiger partial charge in [0.1, 0.15) is 0 Å². The van der Waals surface area contributed by atoms with Crippen molar-refractivity contribution >= 4 is 77.7 Å². The van der Waals surface area contributed by atoms with Crippen LogP contribution in [0.15, 0.2) is 358 Å². The molecule has 0 amide bonds. The Bertz CT molecular complexity index is 6490. The molecule has 18 aromatic rings. The second kappa shape index (κ2) is 25.0. The number of aromatic nitrogens is 4. The number of nitrogens with zero attached hydrogens (tertiary/aromatic N) is 4. The first kappa shape index (κ1) is 63.9. The SMILES string of the molecule is CC1(C)OB(c2cccc(-c3nc4ccccc4c4cc5c(cc34)-c3ccccc3C5(c3ccccc3)c3ccccc3)c2)OC1(C)C.c1ccc(C2(c3ccccc3)c3ccccc3-c3cc4c(-c5cccc(-c6ccc(-c7cc8cccnc8c8ncccc78)cc6)c5)nc5ccccc5c4cc32)cc1. The van der Waals surface area contributed by atoms with Crippen molar-refractivity contribution in [3.8, 4) is 67.0 Å². The molecular weight excluding hydrogens is 1300 g/mol. The van der Waals surface area contributed by atoms with Crippen molar-refractivity contribution in [2.24, 2.45) is 0 Å². The van der Waals surface area contributed by atoms with E-state index in [0.29, 0.717) is 0 Å². The van der Waals surface area contributed by atoms with Crippen LogP contribution in [0, 0.1) is 0 Å². The van der Waals surface area contributed by atoms with E-state index in [1.165, 1.54) is 77.5 Å². The van der Waals surface area contributed by atoms with E-state index in [-0.39, 0.29) is 0 Å². The third-order valence-corrected chi connectivity index (χ3v) is 23.4. The third-order valence-electron chi connectivity index (χ3n) is 23.4. The summed E-state index contributed by atoms with van der Waals surface area (Å²) in [5.41, 5.74) is 26.9. The monoisotopic (exact) mass is 1370 g/mol. The van der Waals surface area contributed by atoms with Gasteiger partial charge in [0.25, 0.3) is 0 Å². The standard InChI is InChI=1S/C56H35N3.C44H36BNO2/c1-3-17-41(18-4-1)56(42-19-5-2-6-20-42)50-24-9-7-21-43(50)48-34-49-47(35-51(48)56)44-22-8-10-25-52(44)59-53(49)39-15-11-14-38(32-39)36-26-28-37(29-27-36)46-33-40-16-12-30-57-54(40)55-45(46)23-13-31-58-55;1-42(2)43(3,4)48-45(47-42)32-21-15-16-29(26-32)41-37-27-36-33-22-11-13-24-38(33)44(30-17-7-5-8-18-30,31-19-9-6-10-20-31)39(36)28-35(37)34-23-12-14-25-40(34)46-41/h1-35H;5-28H,1-4H3. The Hall–Kier alpha value is -12.8. The van der Waals surface area contributed by atoms with E-state index in [9.17, 15) is 0 Å². The number of hydrogen-bond acceptors (Lipinski definition) is 6. The average Bonchev–Trinajstić information content (AvgIpc) is 1.54. The number of rotatable bonds is 9. The first-order valence-electron chi connectivity index (χ1n) is 37.0. The van der Waals surface area contributed by atoms with Gasteiger partial charge < -0.3 is 9.31 Å². The Morgan fingerprint density at radius 1 is 0.262 bits per heavy atom. The van der Waals surface area contributed by atoms with Gasteiger partial charge in [0.2, 0.25) is 0 Å². The van der Waals surface area contributed by atoms with Crippen LogP contribution in [0.1, 0.15) is 72.2 Å². The zero-order valence-corrected chi connectivity index (χ0v) is 59.7. The van der Waals surface area contributed by atoms with Crippen LogP contribution in [0.4, 0.5) is 0 Å². The van der Waals surface area contributed by atoms with Crippen molar-refractivity contribution in [3.05, 3.63) is 403 Å². The van der Waals surface area contributed by atoms with Crippen LogP contribution in [-0.4, -0.2) is 38.3 Å². The van der Waals surface area contributed by atoms with E-state index in [0.717, 1.165) is 105 Å². The highest BCUT2D eigenvalue weighted by atomic mass is 16.7. The molecule has 0 unspecified atom stereocenters. The van der Waals surface area contributed by atoms with Gasteiger partial charge in [-0.05, 0) is 194 Å². The molecule has 0 bridgehead atoms. The Balaban J connectivity index is 0.000000144. The van der Waals surface area contributed by atoms with Crippen molar-refractivity contribution in [2.75, 3.05) is 0 Å². The van der Waals surface area contributed by atoms with Gasteiger partial charge in [-0.2, -0.15) is 0 Å². The molecule has 1 aliphatic heterocycles. The summed E-state index contributed by atoms with van der Waals surface area (Å²) in [5.74, 6) is 0. The molecule has 0 atom stereocenters. The van der Waals surface area contributed by atoms with Crippen molar-refractivity contribution in [1.29, 1.82) is 0 Å². The van der Waals surface area contributed by atoms with Crippen LogP contribution in [0.25, 0.3) is 132 Å². The van der Waals surface area contributed by atoms with Gasteiger partial charge in [0, 0.05) is 55.8 Å². The first-order valence-corrected chi connectivity index (χ1v) is 37.0. The van der Waals surface area contributed by atoms with Crippen LogP contribution in [0.2, 0.25) is 0 Å². The first-order chi connectivity index (χ1) is 52.5. The van der Waals surface area contributed by atoms with Crippen LogP contribution in [-0.2, 0) is 20.1 Å². The van der Waals surface area contributed by atoms with E-state index in [4.69, 9.17) is 24.3 Å². The van der Waals surface area contributed by atoms with Crippen molar-refractivity contribution in [3.63, 3.8) is 0 Å². The van der Waals surface area contributed by atoms with Gasteiger partial charge in [-0.25, -0.2) is 9.97 Å². The number of hydrogen-bond donors (Lipinski definition) is 0. The van der Waals surface area contributed by atoms with Crippen molar-refractivity contribution in [2.45, 2.75) is 49.7 Å². The Morgan fingerprint density at radius 2 is 0.682 bits per heavy atom. The minimum absolute atomic E-state index is 0.417. The molecule has 21 rings (SSSR count). The third kappa shape index (κ3) is 10.0. The fraction of sp³-hybridized carbons (Fsp3) is 0.0800. The molecule has 3 aliphatic rings. The largest absolute Gasteiger partial charge is 0.494 e. The topological polar surface area (TPSA) is 70.0 Å². The fourth-order valence-corrected chi connectivity index (χ4v) is 17.7. The lowest BCUT2D eigenvalue weighted by molar-refractivity contribution is 0.00578. The molecular formula is C100H71BN4O2. The maximum atomic E-state index is 6.46. The number of pyridine rings is 4. The molecule has 107 heavy (non-hydrogen) atoms. The molecule has 14 aromatic carbocycles. The Morgan fingerprint density at radius 3 is 1.21 bits per heavy atom. The second-order valence-corrected chi connectivity index (χ2v) is 29.7. The van der Waals surface area contributed by atoms with Gasteiger partial charge in [0.15, 0.2) is 0 Å². The Labute approximate surface area is 622 Å². The maximum Gasteiger partial charge on any atom is 0.494 e. The smallest absolute Gasteiger partial charge is 0.399 e. The molecule has 1 fully saturated rings. The normalized spacial score (nSPS) is 14.7. The fourth-order valence-electron chi connectivity index (χ4n) is 17.7. The van der Waals surface area contributed by atoms with E-state index in [1.54, 1.807) is 0 Å². The number of benzene rings is 14. The quantitative estimate of drug-likeness (QED) is 0.106. The molecule has 0 saturated carbocycles. The van der Waals surface area contributed by atoms with Gasteiger partial charge in [-0.3, -0.25) is 9.97 Å². The zero-order valence-electron chi connectivity index (χ0n) is 59.7. The Kier molecular flexibility index (Phi) is 14.9. The second-order valence-electron chi connectivity index (χ2n) is 29.7. The van der Waals surface area contributed by atoms with Gasteiger partial charge >= 0.3 is 7.12 Å². The summed E-state index contributed by atoms with van der Waals surface area (Å²) in [6, 6.07) is 126. The van der Waals surface area contributed by atoms with Gasteiger partial charge in [0.05, 0.1) is 55.5 Å². The summed E-state index contributed by atoms with van der Waals surface area (Å²) in [4.78, 5) is 20.2. The van der Waals surface area contributed by atoms with Crippen LogP contribution in [0.5, 0.6) is 0 Å². The summed E-state index contributed by atoms with van der Waals surface area (Å²) in [7, 11) is -0.449. The molecule has 2 aliphatic carbocycles. The van der Waals surface area contributed by atoms with E-state index in [2.05, 4.69) is 366 Å². The molecule has 6 nitrogen and oxygen atoms in total. The van der Waals surface area contributed by atoms with Gasteiger partial charge in [-0.1, -0.05) is 285 Å². The molecule has 5 heterocycles. The summed E-state index contributed by atoms with van der Waals surface area (Å²) in [6.45, 7) is 8.38. The van der Waals surface area contributed by atoms with E-state index >= 15 is 0 Å². The summed E-state index contributed by atoms with van der Waals surface area (Å²) >= 11 is 0. The van der Waals surface area contributed by atoms with Gasteiger partial charge in [-0.15, -0.1) is 0 Å². The number of para-hydroxylation sites is 2. The highest BCUT2D eigenvalue weighted by Gasteiger charge is 2.52. The van der Waals surface area contributed by atoms with E-state index in [1.807, 2.05) is 24.5 Å². The van der Waals surface area contributed by atoms with Crippen molar-refractivity contribution in [1.82, 2.24) is 19.9 Å². The molecule has 506 valence electrons. The lowest BCUT2D eigenvalue weighted by Gasteiger charge is -2.34. The maximum absolute atomic E-state index is 6.46. The summed E-state index contributed by atoms with van der Waals surface area (Å²) in [6.07, 6.45) is 3.68. The lowest BCUT2D eigenvalue weighted by atomic mass is 9.67.